The summed E-state index contributed by atoms with van der Waals surface area (Å²) in [5.74, 6) is -0.496. The number of hydrogen-bond acceptors (Lipinski definition) is 4. The second-order valence-electron chi connectivity index (χ2n) is 4.88. The van der Waals surface area contributed by atoms with Crippen LogP contribution in [-0.2, 0) is 0 Å². The third-order valence-corrected chi connectivity index (χ3v) is 3.41. The number of hydrogen-bond donors (Lipinski definition) is 2. The van der Waals surface area contributed by atoms with Gasteiger partial charge in [0.2, 0.25) is 0 Å². The van der Waals surface area contributed by atoms with Crippen LogP contribution in [0.25, 0.3) is 0 Å². The Balaban J connectivity index is 1.68. The van der Waals surface area contributed by atoms with E-state index in [-0.39, 0.29) is 10.7 Å². The van der Waals surface area contributed by atoms with Gasteiger partial charge in [-0.25, -0.2) is 4.39 Å². The lowest BCUT2D eigenvalue weighted by Gasteiger charge is -2.07. The fourth-order valence-electron chi connectivity index (χ4n) is 1.96. The Morgan fingerprint density at radius 3 is 2.42 bits per heavy atom. The zero-order chi connectivity index (χ0) is 16.9. The first-order valence-electron chi connectivity index (χ1n) is 7.04. The maximum Gasteiger partial charge on any atom is 0.276 e. The molecule has 0 fully saturated rings. The molecule has 7 heteroatoms. The Morgan fingerprint density at radius 1 is 0.958 bits per heavy atom. The van der Waals surface area contributed by atoms with Crippen molar-refractivity contribution < 1.29 is 9.18 Å². The average molecular weight is 343 g/mol. The lowest BCUT2D eigenvalue weighted by atomic mass is 10.3. The maximum atomic E-state index is 13.1. The summed E-state index contributed by atoms with van der Waals surface area (Å²) in [6.45, 7) is 0. The SMILES string of the molecule is O=C(Nc1ccc(F)c(Cl)c1)c1ccc(Nc2ccccc2)nn1. The Hall–Kier alpha value is -2.99. The van der Waals surface area contributed by atoms with E-state index in [0.29, 0.717) is 11.5 Å². The largest absolute Gasteiger partial charge is 0.339 e. The number of benzene rings is 2. The van der Waals surface area contributed by atoms with Crippen LogP contribution < -0.4 is 10.6 Å². The molecule has 0 radical (unpaired) electrons. The van der Waals surface area contributed by atoms with Crippen molar-refractivity contribution in [2.45, 2.75) is 0 Å². The summed E-state index contributed by atoms with van der Waals surface area (Å²) >= 11 is 5.68. The number of carbonyl (C=O) groups is 1. The molecule has 1 amide bonds. The number of amides is 1. The summed E-state index contributed by atoms with van der Waals surface area (Å²) in [6.07, 6.45) is 0. The van der Waals surface area contributed by atoms with Crippen molar-refractivity contribution in [3.63, 3.8) is 0 Å². The van der Waals surface area contributed by atoms with Crippen LogP contribution in [0.4, 0.5) is 21.6 Å². The molecule has 0 bridgehead atoms. The van der Waals surface area contributed by atoms with Gasteiger partial charge in [-0.3, -0.25) is 4.79 Å². The second kappa shape index (κ2) is 7.06. The predicted molar refractivity (Wildman–Crippen MR) is 91.1 cm³/mol. The number of aromatic nitrogens is 2. The number of nitrogens with one attached hydrogen (secondary N) is 2. The van der Waals surface area contributed by atoms with E-state index in [1.54, 1.807) is 12.1 Å². The number of carbonyl (C=O) groups excluding carboxylic acids is 1. The molecule has 5 nitrogen and oxygen atoms in total. The van der Waals surface area contributed by atoms with Crippen molar-refractivity contribution in [2.75, 3.05) is 10.6 Å². The van der Waals surface area contributed by atoms with Gasteiger partial charge in [-0.15, -0.1) is 10.2 Å². The van der Waals surface area contributed by atoms with E-state index in [4.69, 9.17) is 11.6 Å². The predicted octanol–water partition coefficient (Wildman–Crippen LogP) is 4.27. The number of para-hydroxylation sites is 1. The summed E-state index contributed by atoms with van der Waals surface area (Å²) in [5.41, 5.74) is 1.37. The number of nitrogens with zero attached hydrogens (tertiary/aromatic N) is 2. The minimum Gasteiger partial charge on any atom is -0.339 e. The van der Waals surface area contributed by atoms with Crippen molar-refractivity contribution >= 4 is 34.7 Å². The van der Waals surface area contributed by atoms with Gasteiger partial charge >= 0.3 is 0 Å². The molecule has 0 spiro atoms. The monoisotopic (exact) mass is 342 g/mol. The standard InChI is InChI=1S/C17H12ClFN4O/c18-13-10-12(6-7-14(13)19)21-17(24)15-8-9-16(23-22-15)20-11-4-2-1-3-5-11/h1-10H,(H,20,23)(H,21,24). The zero-order valence-electron chi connectivity index (χ0n) is 12.3. The lowest BCUT2D eigenvalue weighted by Crippen LogP contribution is -2.14. The minimum absolute atomic E-state index is 0.0682. The molecule has 3 aromatic rings. The van der Waals surface area contributed by atoms with E-state index >= 15 is 0 Å². The van der Waals surface area contributed by atoms with Crippen molar-refractivity contribution in [3.05, 3.63) is 77.2 Å². The molecule has 0 atom stereocenters. The fraction of sp³-hybridized carbons (Fsp3) is 0. The highest BCUT2D eigenvalue weighted by Crippen LogP contribution is 2.20. The highest BCUT2D eigenvalue weighted by molar-refractivity contribution is 6.31. The van der Waals surface area contributed by atoms with Gasteiger partial charge in [0.1, 0.15) is 5.82 Å². The molecular formula is C17H12ClFN4O. The molecule has 24 heavy (non-hydrogen) atoms. The van der Waals surface area contributed by atoms with Crippen LogP contribution in [0.3, 0.4) is 0 Å². The van der Waals surface area contributed by atoms with Gasteiger partial charge in [0.25, 0.3) is 5.91 Å². The summed E-state index contributed by atoms with van der Waals surface area (Å²) in [6, 6.07) is 16.6. The van der Waals surface area contributed by atoms with Crippen LogP contribution in [-0.4, -0.2) is 16.1 Å². The van der Waals surface area contributed by atoms with E-state index in [9.17, 15) is 9.18 Å². The van der Waals surface area contributed by atoms with Crippen molar-refractivity contribution in [1.82, 2.24) is 10.2 Å². The topological polar surface area (TPSA) is 66.9 Å². The first-order chi connectivity index (χ1) is 11.6. The van der Waals surface area contributed by atoms with E-state index in [1.807, 2.05) is 30.3 Å². The molecule has 1 aromatic heterocycles. The van der Waals surface area contributed by atoms with Crippen LogP contribution in [0.1, 0.15) is 10.5 Å². The van der Waals surface area contributed by atoms with Gasteiger partial charge in [0.05, 0.1) is 5.02 Å². The third-order valence-electron chi connectivity index (χ3n) is 3.12. The van der Waals surface area contributed by atoms with E-state index in [1.165, 1.54) is 18.2 Å². The van der Waals surface area contributed by atoms with Crippen LogP contribution in [0.2, 0.25) is 5.02 Å². The molecule has 3 rings (SSSR count). The fourth-order valence-corrected chi connectivity index (χ4v) is 2.14. The molecule has 0 saturated heterocycles. The van der Waals surface area contributed by atoms with E-state index in [2.05, 4.69) is 20.8 Å². The molecule has 0 aliphatic rings. The van der Waals surface area contributed by atoms with Gasteiger partial charge in [0.15, 0.2) is 11.5 Å². The van der Waals surface area contributed by atoms with Crippen molar-refractivity contribution in [1.29, 1.82) is 0 Å². The molecule has 0 aliphatic carbocycles. The Bertz CT molecular complexity index is 856. The smallest absolute Gasteiger partial charge is 0.276 e. The van der Waals surface area contributed by atoms with Gasteiger partial charge in [-0.2, -0.15) is 0 Å². The molecule has 0 unspecified atom stereocenters. The Morgan fingerprint density at radius 2 is 1.75 bits per heavy atom. The van der Waals surface area contributed by atoms with Crippen LogP contribution in [0.5, 0.6) is 0 Å². The second-order valence-corrected chi connectivity index (χ2v) is 5.29. The highest BCUT2D eigenvalue weighted by Gasteiger charge is 2.10. The van der Waals surface area contributed by atoms with Crippen LogP contribution in [0, 0.1) is 5.82 Å². The van der Waals surface area contributed by atoms with Gasteiger partial charge in [-0.05, 0) is 42.5 Å². The number of anilines is 3. The lowest BCUT2D eigenvalue weighted by molar-refractivity contribution is 0.102. The summed E-state index contributed by atoms with van der Waals surface area (Å²) in [4.78, 5) is 12.1. The molecule has 0 saturated carbocycles. The quantitative estimate of drug-likeness (QED) is 0.743. The minimum atomic E-state index is -0.550. The molecule has 1 heterocycles. The molecule has 0 aliphatic heterocycles. The molecule has 120 valence electrons. The third kappa shape index (κ3) is 3.85. The molecule has 2 N–H and O–H groups in total. The van der Waals surface area contributed by atoms with Crippen LogP contribution in [0.15, 0.2) is 60.7 Å². The molecule has 2 aromatic carbocycles. The maximum absolute atomic E-state index is 13.1. The first kappa shape index (κ1) is 15.9. The van der Waals surface area contributed by atoms with Crippen molar-refractivity contribution in [3.8, 4) is 0 Å². The summed E-state index contributed by atoms with van der Waals surface area (Å²) in [5, 5.41) is 13.4. The van der Waals surface area contributed by atoms with Gasteiger partial charge in [-0.1, -0.05) is 29.8 Å². The highest BCUT2D eigenvalue weighted by atomic mass is 35.5. The van der Waals surface area contributed by atoms with Crippen molar-refractivity contribution in [2.24, 2.45) is 0 Å². The molecular weight excluding hydrogens is 331 g/mol. The van der Waals surface area contributed by atoms with Gasteiger partial charge < -0.3 is 10.6 Å². The Kier molecular flexibility index (Phi) is 4.67. The zero-order valence-corrected chi connectivity index (χ0v) is 13.1. The summed E-state index contributed by atoms with van der Waals surface area (Å²) in [7, 11) is 0. The number of rotatable bonds is 4. The van der Waals surface area contributed by atoms with Gasteiger partial charge in [0, 0.05) is 11.4 Å². The average Bonchev–Trinajstić information content (AvgIpc) is 2.60. The summed E-state index contributed by atoms with van der Waals surface area (Å²) < 4.78 is 13.1. The number of halogens is 2. The Labute approximate surface area is 142 Å². The van der Waals surface area contributed by atoms with E-state index < -0.39 is 11.7 Å². The normalized spacial score (nSPS) is 10.2. The first-order valence-corrected chi connectivity index (χ1v) is 7.42. The van der Waals surface area contributed by atoms with E-state index in [0.717, 1.165) is 5.69 Å². The van der Waals surface area contributed by atoms with Crippen LogP contribution >= 0.6 is 11.6 Å².